The van der Waals surface area contributed by atoms with Gasteiger partial charge in [-0.1, -0.05) is 17.7 Å². The molecule has 0 atom stereocenters. The van der Waals surface area contributed by atoms with Crippen LogP contribution in [-0.4, -0.2) is 9.55 Å². The quantitative estimate of drug-likeness (QED) is 0.609. The summed E-state index contributed by atoms with van der Waals surface area (Å²) in [4.78, 5) is 4.34. The smallest absolute Gasteiger partial charge is 0.107 e. The van der Waals surface area contributed by atoms with E-state index in [1.54, 1.807) is 0 Å². The molecule has 1 heterocycles. The molecule has 0 amide bonds. The minimum Gasteiger partial charge on any atom is -0.331 e. The molecule has 0 aliphatic carbocycles. The Morgan fingerprint density at radius 1 is 1.42 bits per heavy atom. The molecule has 1 aromatic carbocycles. The lowest BCUT2D eigenvalue weighted by atomic mass is 10.3. The summed E-state index contributed by atoms with van der Waals surface area (Å²) >= 11 is 5.97. The molecule has 0 aliphatic rings. The molecule has 0 aliphatic heterocycles. The molecule has 12 heavy (non-hydrogen) atoms. The lowest BCUT2D eigenvalue weighted by molar-refractivity contribution is 0.886. The summed E-state index contributed by atoms with van der Waals surface area (Å²) < 4.78 is 2.03. The Bertz CT molecular complexity index is 431. The fraction of sp³-hybridized carbons (Fsp3) is 0.222. The van der Waals surface area contributed by atoms with Crippen molar-refractivity contribution in [3.63, 3.8) is 0 Å². The highest BCUT2D eigenvalue weighted by Crippen LogP contribution is 2.22. The van der Waals surface area contributed by atoms with E-state index in [1.807, 2.05) is 36.7 Å². The SMILES string of the molecule is Cc1nc2c(Cl)cccc2n1C. The molecule has 0 unspecified atom stereocenters. The van der Waals surface area contributed by atoms with E-state index in [4.69, 9.17) is 11.6 Å². The van der Waals surface area contributed by atoms with Gasteiger partial charge < -0.3 is 4.57 Å². The predicted molar refractivity (Wildman–Crippen MR) is 50.5 cm³/mol. The number of nitrogens with zero attached hydrogens (tertiary/aromatic N) is 2. The minimum absolute atomic E-state index is 0.719. The molecule has 0 saturated carbocycles. The highest BCUT2D eigenvalue weighted by atomic mass is 35.5. The van der Waals surface area contributed by atoms with Crippen molar-refractivity contribution in [3.8, 4) is 0 Å². The van der Waals surface area contributed by atoms with Gasteiger partial charge in [0.2, 0.25) is 0 Å². The van der Waals surface area contributed by atoms with E-state index in [-0.39, 0.29) is 0 Å². The molecule has 0 bridgehead atoms. The van der Waals surface area contributed by atoms with Crippen LogP contribution in [0.4, 0.5) is 0 Å². The molecule has 2 rings (SSSR count). The van der Waals surface area contributed by atoms with Gasteiger partial charge in [0.25, 0.3) is 0 Å². The molecular weight excluding hydrogens is 172 g/mol. The molecule has 2 nitrogen and oxygen atoms in total. The maximum Gasteiger partial charge on any atom is 0.107 e. The molecule has 0 N–H and O–H groups in total. The average molecular weight is 181 g/mol. The zero-order valence-corrected chi connectivity index (χ0v) is 7.76. The Morgan fingerprint density at radius 2 is 2.17 bits per heavy atom. The number of rotatable bonds is 0. The van der Waals surface area contributed by atoms with E-state index in [0.29, 0.717) is 0 Å². The molecule has 0 radical (unpaired) electrons. The first-order chi connectivity index (χ1) is 5.70. The van der Waals surface area contributed by atoms with Crippen LogP contribution in [0, 0.1) is 6.92 Å². The van der Waals surface area contributed by atoms with Gasteiger partial charge in [-0.15, -0.1) is 0 Å². The molecular formula is C9H9ClN2. The Morgan fingerprint density at radius 3 is 2.83 bits per heavy atom. The first-order valence-electron chi connectivity index (χ1n) is 3.77. The van der Waals surface area contributed by atoms with Gasteiger partial charge in [0.15, 0.2) is 0 Å². The number of benzene rings is 1. The first-order valence-corrected chi connectivity index (χ1v) is 4.15. The van der Waals surface area contributed by atoms with E-state index in [2.05, 4.69) is 4.98 Å². The van der Waals surface area contributed by atoms with Crippen molar-refractivity contribution in [3.05, 3.63) is 29.0 Å². The van der Waals surface area contributed by atoms with Crippen molar-refractivity contribution in [1.29, 1.82) is 0 Å². The van der Waals surface area contributed by atoms with E-state index in [0.717, 1.165) is 21.9 Å². The van der Waals surface area contributed by atoms with Gasteiger partial charge in [0, 0.05) is 7.05 Å². The second kappa shape index (κ2) is 2.49. The molecule has 62 valence electrons. The van der Waals surface area contributed by atoms with Crippen LogP contribution < -0.4 is 0 Å². The largest absolute Gasteiger partial charge is 0.331 e. The second-order valence-corrected chi connectivity index (χ2v) is 3.23. The Hall–Kier alpha value is -1.02. The molecule has 0 fully saturated rings. The number of hydrogen-bond acceptors (Lipinski definition) is 1. The highest BCUT2D eigenvalue weighted by Gasteiger charge is 2.05. The molecule has 1 aromatic heterocycles. The third-order valence-corrected chi connectivity index (χ3v) is 2.39. The number of aryl methyl sites for hydroxylation is 2. The number of para-hydroxylation sites is 1. The fourth-order valence-electron chi connectivity index (χ4n) is 1.30. The highest BCUT2D eigenvalue weighted by molar-refractivity contribution is 6.34. The van der Waals surface area contributed by atoms with Crippen LogP contribution in [-0.2, 0) is 7.05 Å². The normalized spacial score (nSPS) is 10.9. The van der Waals surface area contributed by atoms with E-state index in [9.17, 15) is 0 Å². The second-order valence-electron chi connectivity index (χ2n) is 2.83. The van der Waals surface area contributed by atoms with E-state index in [1.165, 1.54) is 0 Å². The summed E-state index contributed by atoms with van der Waals surface area (Å²) in [6.45, 7) is 1.97. The van der Waals surface area contributed by atoms with Crippen LogP contribution in [0.15, 0.2) is 18.2 Å². The number of halogens is 1. The number of aromatic nitrogens is 2. The van der Waals surface area contributed by atoms with Gasteiger partial charge in [0.05, 0.1) is 10.5 Å². The van der Waals surface area contributed by atoms with Crippen LogP contribution >= 0.6 is 11.6 Å². The number of imidazole rings is 1. The Labute approximate surface area is 75.8 Å². The molecule has 0 spiro atoms. The van der Waals surface area contributed by atoms with Crippen molar-refractivity contribution >= 4 is 22.6 Å². The van der Waals surface area contributed by atoms with Crippen LogP contribution in [0.3, 0.4) is 0 Å². The van der Waals surface area contributed by atoms with E-state index < -0.39 is 0 Å². The summed E-state index contributed by atoms with van der Waals surface area (Å²) in [6.07, 6.45) is 0. The zero-order chi connectivity index (χ0) is 8.72. The lowest BCUT2D eigenvalue weighted by Gasteiger charge is -1.95. The van der Waals surface area contributed by atoms with Gasteiger partial charge in [-0.2, -0.15) is 0 Å². The summed E-state index contributed by atoms with van der Waals surface area (Å²) in [6, 6.07) is 5.81. The Balaban J connectivity index is 2.95. The lowest BCUT2D eigenvalue weighted by Crippen LogP contribution is -1.89. The Kier molecular flexibility index (Phi) is 1.58. The van der Waals surface area contributed by atoms with Crippen molar-refractivity contribution in [2.45, 2.75) is 6.92 Å². The maximum absolute atomic E-state index is 5.97. The summed E-state index contributed by atoms with van der Waals surface area (Å²) in [5.74, 6) is 0.984. The number of fused-ring (bicyclic) bond motifs is 1. The predicted octanol–water partition coefficient (Wildman–Crippen LogP) is 2.54. The molecule has 0 saturated heterocycles. The maximum atomic E-state index is 5.97. The number of hydrogen-bond donors (Lipinski definition) is 0. The standard InChI is InChI=1S/C9H9ClN2/c1-6-11-9-7(10)4-3-5-8(9)12(6)2/h3-5H,1-2H3. The van der Waals surface area contributed by atoms with Crippen molar-refractivity contribution < 1.29 is 0 Å². The fourth-order valence-corrected chi connectivity index (χ4v) is 1.51. The monoisotopic (exact) mass is 180 g/mol. The minimum atomic E-state index is 0.719. The van der Waals surface area contributed by atoms with Gasteiger partial charge in [0.1, 0.15) is 11.3 Å². The third kappa shape index (κ3) is 0.916. The van der Waals surface area contributed by atoms with Gasteiger partial charge >= 0.3 is 0 Å². The van der Waals surface area contributed by atoms with Gasteiger partial charge in [-0.25, -0.2) is 4.98 Å². The average Bonchev–Trinajstić information content (AvgIpc) is 2.32. The summed E-state index contributed by atoms with van der Waals surface area (Å²) in [7, 11) is 1.99. The van der Waals surface area contributed by atoms with Crippen LogP contribution in [0.1, 0.15) is 5.82 Å². The van der Waals surface area contributed by atoms with Crippen LogP contribution in [0.5, 0.6) is 0 Å². The first kappa shape index (κ1) is 7.62. The summed E-state index contributed by atoms with van der Waals surface area (Å²) in [5.41, 5.74) is 1.97. The molecule has 3 heteroatoms. The van der Waals surface area contributed by atoms with Crippen LogP contribution in [0.25, 0.3) is 11.0 Å². The van der Waals surface area contributed by atoms with E-state index >= 15 is 0 Å². The summed E-state index contributed by atoms with van der Waals surface area (Å²) in [5, 5.41) is 0.719. The van der Waals surface area contributed by atoms with Gasteiger partial charge in [-0.05, 0) is 19.1 Å². The topological polar surface area (TPSA) is 17.8 Å². The van der Waals surface area contributed by atoms with Crippen molar-refractivity contribution in [1.82, 2.24) is 9.55 Å². The molecule has 2 aromatic rings. The van der Waals surface area contributed by atoms with Crippen LogP contribution in [0.2, 0.25) is 5.02 Å². The zero-order valence-electron chi connectivity index (χ0n) is 7.00. The third-order valence-electron chi connectivity index (χ3n) is 2.09. The van der Waals surface area contributed by atoms with Crippen molar-refractivity contribution in [2.75, 3.05) is 0 Å². The van der Waals surface area contributed by atoms with Gasteiger partial charge in [-0.3, -0.25) is 0 Å². The van der Waals surface area contributed by atoms with Crippen molar-refractivity contribution in [2.24, 2.45) is 7.05 Å².